The Kier molecular flexibility index (Phi) is 4.20. The van der Waals surface area contributed by atoms with Crippen molar-refractivity contribution in [1.29, 1.82) is 0 Å². The van der Waals surface area contributed by atoms with Gasteiger partial charge in [-0.05, 0) is 11.6 Å². The van der Waals surface area contributed by atoms with Gasteiger partial charge in [0.05, 0.1) is 5.69 Å². The number of ether oxygens (including phenoxy) is 1. The highest BCUT2D eigenvalue weighted by Crippen LogP contribution is 2.16. The number of nitrogens with zero attached hydrogens (tertiary/aromatic N) is 1. The van der Waals surface area contributed by atoms with E-state index in [1.807, 2.05) is 30.3 Å². The minimum absolute atomic E-state index is 0.195. The fourth-order valence-corrected chi connectivity index (χ4v) is 1.68. The highest BCUT2D eigenvalue weighted by Gasteiger charge is 2.05. The number of nitrogens with two attached hydrogens (primary N) is 1. The van der Waals surface area contributed by atoms with Crippen LogP contribution in [0, 0.1) is 0 Å². The molecule has 2 rings (SSSR count). The van der Waals surface area contributed by atoms with Gasteiger partial charge in [0, 0.05) is 6.07 Å². The van der Waals surface area contributed by atoms with Crippen molar-refractivity contribution in [3.8, 4) is 0 Å². The molecule has 1 heterocycles. The Balaban J connectivity index is 1.91. The van der Waals surface area contributed by atoms with Crippen molar-refractivity contribution in [3.63, 3.8) is 0 Å². The maximum Gasteiger partial charge on any atom is 0.411 e. The highest BCUT2D eigenvalue weighted by molar-refractivity contribution is 6.29. The molecular formula is C13H12ClN3O2. The lowest BCUT2D eigenvalue weighted by Crippen LogP contribution is -2.13. The summed E-state index contributed by atoms with van der Waals surface area (Å²) in [4.78, 5) is 15.4. The molecule has 0 fully saturated rings. The van der Waals surface area contributed by atoms with Crippen LogP contribution in [0.5, 0.6) is 0 Å². The summed E-state index contributed by atoms with van der Waals surface area (Å²) in [6, 6.07) is 12.4. The first-order valence-corrected chi connectivity index (χ1v) is 5.92. The monoisotopic (exact) mass is 277 g/mol. The number of amides is 1. The third-order valence-corrected chi connectivity index (χ3v) is 2.47. The highest BCUT2D eigenvalue weighted by atomic mass is 35.5. The SMILES string of the molecule is Nc1cc(NC(=O)OCc2ccccc2)cc(Cl)n1. The molecule has 0 spiro atoms. The standard InChI is InChI=1S/C13H12ClN3O2/c14-11-6-10(7-12(15)17-11)16-13(18)19-8-9-4-2-1-3-5-9/h1-7H,8H2,(H3,15,16,17,18). The van der Waals surface area contributed by atoms with Crippen LogP contribution in [0.2, 0.25) is 5.15 Å². The first-order valence-electron chi connectivity index (χ1n) is 5.54. The molecule has 6 heteroatoms. The molecule has 98 valence electrons. The number of hydrogen-bond donors (Lipinski definition) is 2. The number of halogens is 1. The maximum atomic E-state index is 11.6. The first kappa shape index (κ1) is 13.2. The van der Waals surface area contributed by atoms with E-state index in [1.165, 1.54) is 12.1 Å². The van der Waals surface area contributed by atoms with E-state index in [-0.39, 0.29) is 17.6 Å². The van der Waals surface area contributed by atoms with E-state index in [0.29, 0.717) is 5.69 Å². The van der Waals surface area contributed by atoms with Gasteiger partial charge < -0.3 is 10.5 Å². The van der Waals surface area contributed by atoms with E-state index in [2.05, 4.69) is 10.3 Å². The number of benzene rings is 1. The number of pyridine rings is 1. The second kappa shape index (κ2) is 6.06. The third-order valence-electron chi connectivity index (χ3n) is 2.27. The van der Waals surface area contributed by atoms with Gasteiger partial charge in [0.1, 0.15) is 17.6 Å². The molecule has 1 aromatic carbocycles. The predicted molar refractivity (Wildman–Crippen MR) is 73.9 cm³/mol. The zero-order valence-corrected chi connectivity index (χ0v) is 10.7. The van der Waals surface area contributed by atoms with Crippen LogP contribution in [0.25, 0.3) is 0 Å². The van der Waals surface area contributed by atoms with Crippen molar-refractivity contribution >= 4 is 29.2 Å². The number of rotatable bonds is 3. The summed E-state index contributed by atoms with van der Waals surface area (Å²) in [7, 11) is 0. The number of anilines is 2. The minimum atomic E-state index is -0.578. The number of hydrogen-bond acceptors (Lipinski definition) is 4. The molecule has 1 aromatic heterocycles. The average Bonchev–Trinajstić information content (AvgIpc) is 2.36. The van der Waals surface area contributed by atoms with E-state index in [4.69, 9.17) is 22.1 Å². The molecule has 2 aromatic rings. The summed E-state index contributed by atoms with van der Waals surface area (Å²) in [6.45, 7) is 0.195. The van der Waals surface area contributed by atoms with Crippen molar-refractivity contribution in [2.24, 2.45) is 0 Å². The van der Waals surface area contributed by atoms with E-state index in [1.54, 1.807) is 0 Å². The van der Waals surface area contributed by atoms with Crippen LogP contribution in [0.15, 0.2) is 42.5 Å². The van der Waals surface area contributed by atoms with Gasteiger partial charge in [-0.25, -0.2) is 9.78 Å². The van der Waals surface area contributed by atoms with Gasteiger partial charge >= 0.3 is 6.09 Å². The number of nitrogens with one attached hydrogen (secondary N) is 1. The van der Waals surface area contributed by atoms with Gasteiger partial charge in [-0.3, -0.25) is 5.32 Å². The number of aromatic nitrogens is 1. The minimum Gasteiger partial charge on any atom is -0.444 e. The Labute approximate surface area is 115 Å². The lowest BCUT2D eigenvalue weighted by molar-refractivity contribution is 0.155. The second-order valence-electron chi connectivity index (χ2n) is 3.79. The Bertz CT molecular complexity index is 555. The normalized spacial score (nSPS) is 9.95. The molecule has 0 atom stereocenters. The third kappa shape index (κ3) is 4.15. The van der Waals surface area contributed by atoms with Crippen LogP contribution in [0.1, 0.15) is 5.56 Å². The molecule has 0 bridgehead atoms. The van der Waals surface area contributed by atoms with Crippen LogP contribution in [0.4, 0.5) is 16.3 Å². The van der Waals surface area contributed by atoms with E-state index in [9.17, 15) is 4.79 Å². The average molecular weight is 278 g/mol. The molecule has 0 aliphatic rings. The molecule has 3 N–H and O–H groups in total. The number of carbonyl (C=O) groups excluding carboxylic acids is 1. The van der Waals surface area contributed by atoms with Crippen molar-refractivity contribution in [3.05, 3.63) is 53.2 Å². The quantitative estimate of drug-likeness (QED) is 0.845. The van der Waals surface area contributed by atoms with Crippen LogP contribution in [0.3, 0.4) is 0 Å². The largest absolute Gasteiger partial charge is 0.444 e. The van der Waals surface area contributed by atoms with E-state index >= 15 is 0 Å². The summed E-state index contributed by atoms with van der Waals surface area (Å²) in [5, 5.41) is 2.74. The molecule has 5 nitrogen and oxygen atoms in total. The lowest BCUT2D eigenvalue weighted by atomic mass is 10.2. The summed E-state index contributed by atoms with van der Waals surface area (Å²) in [5.41, 5.74) is 6.86. The molecule has 0 saturated heterocycles. The van der Waals surface area contributed by atoms with Gasteiger partial charge in [-0.2, -0.15) is 0 Å². The summed E-state index contributed by atoms with van der Waals surface area (Å²) < 4.78 is 5.06. The molecule has 0 aliphatic heterocycles. The first-order chi connectivity index (χ1) is 9.13. The van der Waals surface area contributed by atoms with Crippen LogP contribution in [-0.2, 0) is 11.3 Å². The van der Waals surface area contributed by atoms with Gasteiger partial charge in [-0.1, -0.05) is 41.9 Å². The molecule has 19 heavy (non-hydrogen) atoms. The van der Waals surface area contributed by atoms with Crippen LogP contribution in [-0.4, -0.2) is 11.1 Å². The zero-order valence-electron chi connectivity index (χ0n) is 9.97. The fraction of sp³-hybridized carbons (Fsp3) is 0.0769. The van der Waals surface area contributed by atoms with Gasteiger partial charge in [0.25, 0.3) is 0 Å². The van der Waals surface area contributed by atoms with Crippen molar-refractivity contribution < 1.29 is 9.53 Å². The molecular weight excluding hydrogens is 266 g/mol. The zero-order chi connectivity index (χ0) is 13.7. The Morgan fingerprint density at radius 3 is 2.74 bits per heavy atom. The summed E-state index contributed by atoms with van der Waals surface area (Å²) in [5.74, 6) is 0.228. The lowest BCUT2D eigenvalue weighted by Gasteiger charge is -2.07. The predicted octanol–water partition coefficient (Wildman–Crippen LogP) is 3.07. The molecule has 1 amide bonds. The number of carbonyl (C=O) groups is 1. The fourth-order valence-electron chi connectivity index (χ4n) is 1.47. The van der Waals surface area contributed by atoms with Crippen molar-refractivity contribution in [1.82, 2.24) is 4.98 Å². The molecule has 0 saturated carbocycles. The summed E-state index contributed by atoms with van der Waals surface area (Å²) in [6.07, 6.45) is -0.578. The van der Waals surface area contributed by atoms with Crippen LogP contribution < -0.4 is 11.1 Å². The van der Waals surface area contributed by atoms with Gasteiger partial charge in [-0.15, -0.1) is 0 Å². The maximum absolute atomic E-state index is 11.6. The van der Waals surface area contributed by atoms with E-state index in [0.717, 1.165) is 5.56 Å². The Hall–Kier alpha value is -2.27. The smallest absolute Gasteiger partial charge is 0.411 e. The molecule has 0 radical (unpaired) electrons. The van der Waals surface area contributed by atoms with Crippen molar-refractivity contribution in [2.75, 3.05) is 11.1 Å². The molecule has 0 aliphatic carbocycles. The van der Waals surface area contributed by atoms with Gasteiger partial charge in [0.2, 0.25) is 0 Å². The van der Waals surface area contributed by atoms with Crippen molar-refractivity contribution in [2.45, 2.75) is 6.61 Å². The number of nitrogen functional groups attached to an aromatic ring is 1. The Morgan fingerprint density at radius 1 is 1.32 bits per heavy atom. The van der Waals surface area contributed by atoms with E-state index < -0.39 is 6.09 Å². The van der Waals surface area contributed by atoms with Crippen LogP contribution >= 0.6 is 11.6 Å². The van der Waals surface area contributed by atoms with Gasteiger partial charge in [0.15, 0.2) is 0 Å². The Morgan fingerprint density at radius 2 is 2.05 bits per heavy atom. The topological polar surface area (TPSA) is 77.2 Å². The summed E-state index contributed by atoms with van der Waals surface area (Å²) >= 11 is 5.72. The second-order valence-corrected chi connectivity index (χ2v) is 4.18. The molecule has 0 unspecified atom stereocenters.